The lowest BCUT2D eigenvalue weighted by Gasteiger charge is -2.18. The minimum atomic E-state index is -1.30. The molecule has 0 atom stereocenters. The van der Waals surface area contributed by atoms with E-state index in [1.165, 1.54) is 0 Å². The first-order valence-corrected chi connectivity index (χ1v) is 8.41. The molecule has 0 bridgehead atoms. The number of ketones is 2. The third-order valence-electron chi connectivity index (χ3n) is 5.08. The zero-order chi connectivity index (χ0) is 18.5. The maximum Gasteiger partial charge on any atom is 0.394 e. The van der Waals surface area contributed by atoms with E-state index in [-0.39, 0.29) is 31.0 Å². The zero-order valence-electron chi connectivity index (χ0n) is 14.2. The molecule has 5 nitrogen and oxygen atoms in total. The quantitative estimate of drug-likeness (QED) is 0.529. The van der Waals surface area contributed by atoms with Crippen LogP contribution in [0.4, 0.5) is 0 Å². The van der Waals surface area contributed by atoms with E-state index in [0.29, 0.717) is 22.3 Å². The van der Waals surface area contributed by atoms with Crippen LogP contribution in [0.25, 0.3) is 4.85 Å². The summed E-state index contributed by atoms with van der Waals surface area (Å²) < 4.78 is 5.08. The number of carbonyl (C=O) groups is 3. The molecule has 2 aliphatic rings. The topological polar surface area (TPSA) is 64.8 Å². The summed E-state index contributed by atoms with van der Waals surface area (Å²) >= 11 is 0. The van der Waals surface area contributed by atoms with E-state index >= 15 is 0 Å². The monoisotopic (exact) mass is 345 g/mol. The molecule has 0 aromatic heterocycles. The SMILES string of the molecule is [C-]#[N+]C1(C(=O)OCC)Cc2cc3c(cc2C1)C(=O)c1ccccc1C3=O. The van der Waals surface area contributed by atoms with Gasteiger partial charge in [-0.2, -0.15) is 0 Å². The first-order chi connectivity index (χ1) is 12.5. The van der Waals surface area contributed by atoms with Crippen molar-refractivity contribution < 1.29 is 19.1 Å². The van der Waals surface area contributed by atoms with Crippen molar-refractivity contribution in [1.29, 1.82) is 0 Å². The molecule has 0 saturated carbocycles. The number of nitrogens with zero attached hydrogens (tertiary/aromatic N) is 1. The summed E-state index contributed by atoms with van der Waals surface area (Å²) in [5, 5.41) is 0. The molecule has 2 aromatic carbocycles. The van der Waals surface area contributed by atoms with Gasteiger partial charge in [0.2, 0.25) is 0 Å². The molecule has 128 valence electrons. The van der Waals surface area contributed by atoms with Crippen molar-refractivity contribution in [3.8, 4) is 0 Å². The molecule has 0 heterocycles. The zero-order valence-corrected chi connectivity index (χ0v) is 14.2. The van der Waals surface area contributed by atoms with Crippen LogP contribution in [0, 0.1) is 6.57 Å². The Kier molecular flexibility index (Phi) is 3.52. The van der Waals surface area contributed by atoms with Gasteiger partial charge in [-0.1, -0.05) is 24.3 Å². The van der Waals surface area contributed by atoms with Crippen molar-refractivity contribution in [2.45, 2.75) is 25.3 Å². The van der Waals surface area contributed by atoms with E-state index in [9.17, 15) is 14.4 Å². The van der Waals surface area contributed by atoms with Gasteiger partial charge in [-0.3, -0.25) is 14.4 Å². The molecule has 0 radical (unpaired) electrons. The van der Waals surface area contributed by atoms with E-state index in [1.807, 2.05) is 0 Å². The molecule has 0 saturated heterocycles. The average Bonchev–Trinajstić information content (AvgIpc) is 3.04. The average molecular weight is 345 g/mol. The summed E-state index contributed by atoms with van der Waals surface area (Å²) in [6.07, 6.45) is 0.391. The number of ether oxygens (including phenoxy) is 1. The first kappa shape index (κ1) is 16.2. The second-order valence-corrected chi connectivity index (χ2v) is 6.59. The molecule has 0 aliphatic heterocycles. The van der Waals surface area contributed by atoms with Crippen LogP contribution in [0.3, 0.4) is 0 Å². The lowest BCUT2D eigenvalue weighted by Crippen LogP contribution is -2.37. The van der Waals surface area contributed by atoms with Crippen molar-refractivity contribution in [2.75, 3.05) is 6.61 Å². The Morgan fingerprint density at radius 2 is 1.54 bits per heavy atom. The maximum absolute atomic E-state index is 12.8. The summed E-state index contributed by atoms with van der Waals surface area (Å²) in [5.41, 5.74) is 1.69. The first-order valence-electron chi connectivity index (χ1n) is 8.41. The van der Waals surface area contributed by atoms with Crippen molar-refractivity contribution in [2.24, 2.45) is 0 Å². The maximum atomic E-state index is 12.8. The van der Waals surface area contributed by atoms with E-state index in [4.69, 9.17) is 11.3 Å². The number of carbonyl (C=O) groups excluding carboxylic acids is 3. The number of benzene rings is 2. The van der Waals surface area contributed by atoms with Gasteiger partial charge in [0.15, 0.2) is 11.6 Å². The molecule has 0 fully saturated rings. The van der Waals surface area contributed by atoms with Crippen LogP contribution in [0.2, 0.25) is 0 Å². The highest BCUT2D eigenvalue weighted by atomic mass is 16.5. The van der Waals surface area contributed by atoms with E-state index in [2.05, 4.69) is 4.85 Å². The van der Waals surface area contributed by atoms with Gasteiger partial charge >= 0.3 is 11.5 Å². The molecular formula is C21H15NO4. The van der Waals surface area contributed by atoms with E-state index < -0.39 is 11.5 Å². The Labute approximate surface area is 150 Å². The van der Waals surface area contributed by atoms with Crippen LogP contribution >= 0.6 is 0 Å². The number of rotatable bonds is 2. The molecule has 4 rings (SSSR count). The van der Waals surface area contributed by atoms with Crippen LogP contribution < -0.4 is 0 Å². The lowest BCUT2D eigenvalue weighted by molar-refractivity contribution is -0.147. The molecule has 0 amide bonds. The highest BCUT2D eigenvalue weighted by Gasteiger charge is 2.52. The van der Waals surface area contributed by atoms with Crippen molar-refractivity contribution in [3.05, 3.63) is 81.2 Å². The second-order valence-electron chi connectivity index (χ2n) is 6.59. The van der Waals surface area contributed by atoms with Gasteiger partial charge in [-0.15, -0.1) is 0 Å². The minimum Gasteiger partial charge on any atom is -0.460 e. The fourth-order valence-electron chi connectivity index (χ4n) is 3.79. The third-order valence-corrected chi connectivity index (χ3v) is 5.08. The largest absolute Gasteiger partial charge is 0.460 e. The normalized spacial score (nSPS) is 16.3. The third kappa shape index (κ3) is 2.12. The predicted molar refractivity (Wildman–Crippen MR) is 93.1 cm³/mol. The summed E-state index contributed by atoms with van der Waals surface area (Å²) in [4.78, 5) is 41.5. The summed E-state index contributed by atoms with van der Waals surface area (Å²) in [7, 11) is 0. The minimum absolute atomic E-state index is 0.195. The Hall–Kier alpha value is -3.26. The molecular weight excluding hydrogens is 330 g/mol. The van der Waals surface area contributed by atoms with E-state index in [0.717, 1.165) is 11.1 Å². The van der Waals surface area contributed by atoms with Gasteiger partial charge in [0.1, 0.15) is 0 Å². The molecule has 5 heteroatoms. The number of fused-ring (bicyclic) bond motifs is 3. The predicted octanol–water partition coefficient (Wildman–Crippen LogP) is 2.78. The number of hydrogen-bond acceptors (Lipinski definition) is 4. The standard InChI is InChI=1S/C21H15NO4/c1-3-26-20(25)21(22-2)10-12-8-16-17(9-13(12)11-21)19(24)15-7-5-4-6-14(15)18(16)23/h4-9H,3,10-11H2,1H3. The number of hydrogen-bond donors (Lipinski definition) is 0. The highest BCUT2D eigenvalue weighted by molar-refractivity contribution is 6.28. The Morgan fingerprint density at radius 1 is 1.04 bits per heavy atom. The smallest absolute Gasteiger partial charge is 0.394 e. The molecule has 0 unspecified atom stereocenters. The van der Waals surface area contributed by atoms with Crippen molar-refractivity contribution in [1.82, 2.24) is 0 Å². The van der Waals surface area contributed by atoms with E-state index in [1.54, 1.807) is 43.3 Å². The summed E-state index contributed by atoms with van der Waals surface area (Å²) in [5.74, 6) is -0.950. The fourth-order valence-corrected chi connectivity index (χ4v) is 3.79. The van der Waals surface area contributed by atoms with Gasteiger partial charge in [-0.05, 0) is 30.2 Å². The Morgan fingerprint density at radius 3 is 1.96 bits per heavy atom. The highest BCUT2D eigenvalue weighted by Crippen LogP contribution is 2.38. The van der Waals surface area contributed by atoms with Gasteiger partial charge in [-0.25, -0.2) is 11.4 Å². The van der Waals surface area contributed by atoms with Crippen molar-refractivity contribution in [3.63, 3.8) is 0 Å². The van der Waals surface area contributed by atoms with Crippen LogP contribution in [0.5, 0.6) is 0 Å². The Balaban J connectivity index is 1.82. The molecule has 2 aromatic rings. The Bertz CT molecular complexity index is 965. The number of esters is 1. The van der Waals surface area contributed by atoms with Crippen LogP contribution in [0.15, 0.2) is 36.4 Å². The lowest BCUT2D eigenvalue weighted by atomic mass is 9.82. The van der Waals surface area contributed by atoms with Gasteiger partial charge in [0.05, 0.1) is 19.4 Å². The molecule has 2 aliphatic carbocycles. The van der Waals surface area contributed by atoms with Crippen LogP contribution in [-0.2, 0) is 22.4 Å². The molecule has 26 heavy (non-hydrogen) atoms. The summed E-state index contributed by atoms with van der Waals surface area (Å²) in [6.45, 7) is 9.42. The fraction of sp³-hybridized carbons (Fsp3) is 0.238. The van der Waals surface area contributed by atoms with Crippen LogP contribution in [0.1, 0.15) is 49.9 Å². The molecule has 0 N–H and O–H groups in total. The van der Waals surface area contributed by atoms with Crippen molar-refractivity contribution >= 4 is 17.5 Å². The van der Waals surface area contributed by atoms with Gasteiger partial charge < -0.3 is 4.74 Å². The van der Waals surface area contributed by atoms with Gasteiger partial charge in [0, 0.05) is 22.3 Å². The second kappa shape index (κ2) is 5.63. The molecule has 0 spiro atoms. The van der Waals surface area contributed by atoms with Gasteiger partial charge in [0.25, 0.3) is 0 Å². The van der Waals surface area contributed by atoms with Crippen LogP contribution in [-0.4, -0.2) is 29.7 Å². The summed E-state index contributed by atoms with van der Waals surface area (Å²) in [6, 6.07) is 10.1.